The number of rotatable bonds is 3. The first-order chi connectivity index (χ1) is 7.74. The largest absolute Gasteiger partial charge is 0.395 e. The third kappa shape index (κ3) is 1.94. The number of nitrogens with zero attached hydrogens (tertiary/aromatic N) is 2. The Hall–Kier alpha value is -1.40. The van der Waals surface area contributed by atoms with Gasteiger partial charge in [0.25, 0.3) is 5.91 Å². The highest BCUT2D eigenvalue weighted by atomic mass is 16.5. The minimum Gasteiger partial charge on any atom is -0.395 e. The third-order valence-electron chi connectivity index (χ3n) is 2.68. The number of aromatic amines is 1. The van der Waals surface area contributed by atoms with Crippen LogP contribution < -0.4 is 0 Å². The molecule has 1 aromatic heterocycles. The van der Waals surface area contributed by atoms with Gasteiger partial charge in [0.1, 0.15) is 0 Å². The lowest BCUT2D eigenvalue weighted by Crippen LogP contribution is -2.30. The number of fused-ring (bicyclic) bond motifs is 1. The van der Waals surface area contributed by atoms with E-state index >= 15 is 0 Å². The summed E-state index contributed by atoms with van der Waals surface area (Å²) in [5.74, 6) is -0.183. The van der Waals surface area contributed by atoms with E-state index in [9.17, 15) is 4.79 Å². The molecule has 0 fully saturated rings. The molecule has 0 radical (unpaired) electrons. The van der Waals surface area contributed by atoms with Crippen molar-refractivity contribution in [3.63, 3.8) is 0 Å². The molecule has 1 aromatic rings. The van der Waals surface area contributed by atoms with E-state index < -0.39 is 0 Å². The lowest BCUT2D eigenvalue weighted by molar-refractivity contribution is 0.0747. The van der Waals surface area contributed by atoms with Crippen LogP contribution in [0.15, 0.2) is 0 Å². The number of amides is 1. The number of aliphatic hydroxyl groups excluding tert-OH is 1. The zero-order valence-electron chi connectivity index (χ0n) is 9.19. The molecule has 0 aromatic carbocycles. The first kappa shape index (κ1) is 11.1. The molecule has 1 aliphatic heterocycles. The minimum absolute atomic E-state index is 0.0502. The molecule has 0 unspecified atom stereocenters. The average Bonchev–Trinajstić information content (AvgIpc) is 2.72. The van der Waals surface area contributed by atoms with Crippen LogP contribution in [0.3, 0.4) is 0 Å². The molecule has 1 amide bonds. The summed E-state index contributed by atoms with van der Waals surface area (Å²) in [5.41, 5.74) is 2.23. The Labute approximate surface area is 93.2 Å². The number of aromatic nitrogens is 2. The van der Waals surface area contributed by atoms with Crippen molar-refractivity contribution in [2.75, 3.05) is 26.8 Å². The number of H-pyrrole nitrogens is 1. The van der Waals surface area contributed by atoms with Crippen molar-refractivity contribution in [2.45, 2.75) is 13.0 Å². The fourth-order valence-corrected chi connectivity index (χ4v) is 1.72. The normalized spacial score (nSPS) is 14.6. The molecule has 88 valence electrons. The molecule has 0 atom stereocenters. The molecular formula is C10H15N3O3. The first-order valence-electron chi connectivity index (χ1n) is 5.24. The Morgan fingerprint density at radius 2 is 2.50 bits per heavy atom. The number of hydrogen-bond acceptors (Lipinski definition) is 4. The summed E-state index contributed by atoms with van der Waals surface area (Å²) >= 11 is 0. The lowest BCUT2D eigenvalue weighted by atomic mass is 10.1. The molecule has 2 heterocycles. The highest BCUT2D eigenvalue weighted by Gasteiger charge is 2.23. The quantitative estimate of drug-likeness (QED) is 0.730. The van der Waals surface area contributed by atoms with Crippen LogP contribution >= 0.6 is 0 Å². The van der Waals surface area contributed by atoms with E-state index in [4.69, 9.17) is 9.84 Å². The van der Waals surface area contributed by atoms with Crippen molar-refractivity contribution in [1.29, 1.82) is 0 Å². The van der Waals surface area contributed by atoms with Crippen molar-refractivity contribution in [3.8, 4) is 0 Å². The van der Waals surface area contributed by atoms with Gasteiger partial charge in [0, 0.05) is 31.3 Å². The Morgan fingerprint density at radius 3 is 3.25 bits per heavy atom. The van der Waals surface area contributed by atoms with Crippen LogP contribution in [0, 0.1) is 0 Å². The van der Waals surface area contributed by atoms with E-state index in [0.717, 1.165) is 17.7 Å². The molecule has 6 heteroatoms. The van der Waals surface area contributed by atoms with E-state index in [2.05, 4.69) is 10.2 Å². The van der Waals surface area contributed by atoms with E-state index in [1.54, 1.807) is 7.05 Å². The van der Waals surface area contributed by atoms with Crippen molar-refractivity contribution < 1.29 is 14.6 Å². The molecule has 2 N–H and O–H groups in total. The lowest BCUT2D eigenvalue weighted by Gasteiger charge is -2.16. The van der Waals surface area contributed by atoms with Gasteiger partial charge in [0.15, 0.2) is 5.69 Å². The molecule has 0 saturated carbocycles. The maximum Gasteiger partial charge on any atom is 0.274 e. The highest BCUT2D eigenvalue weighted by molar-refractivity contribution is 5.93. The summed E-state index contributed by atoms with van der Waals surface area (Å²) in [6, 6.07) is 0. The second kappa shape index (κ2) is 4.63. The van der Waals surface area contributed by atoms with Gasteiger partial charge in [-0.25, -0.2) is 0 Å². The summed E-state index contributed by atoms with van der Waals surface area (Å²) in [6.45, 7) is 1.35. The van der Waals surface area contributed by atoms with Crippen LogP contribution in [-0.2, 0) is 17.8 Å². The van der Waals surface area contributed by atoms with Gasteiger partial charge in [-0.3, -0.25) is 9.89 Å². The van der Waals surface area contributed by atoms with Crippen LogP contribution in [0.25, 0.3) is 0 Å². The smallest absolute Gasteiger partial charge is 0.274 e. The number of hydrogen-bond donors (Lipinski definition) is 2. The third-order valence-corrected chi connectivity index (χ3v) is 2.68. The minimum atomic E-state index is -0.183. The molecule has 0 aliphatic carbocycles. The van der Waals surface area contributed by atoms with Crippen molar-refractivity contribution in [2.24, 2.45) is 0 Å². The molecule has 6 nitrogen and oxygen atoms in total. The zero-order chi connectivity index (χ0) is 11.5. The maximum absolute atomic E-state index is 11.9. The monoisotopic (exact) mass is 225 g/mol. The van der Waals surface area contributed by atoms with Crippen LogP contribution in [-0.4, -0.2) is 52.9 Å². The van der Waals surface area contributed by atoms with Crippen LogP contribution in [0.1, 0.15) is 21.7 Å². The van der Waals surface area contributed by atoms with Gasteiger partial charge in [-0.1, -0.05) is 0 Å². The molecule has 1 aliphatic rings. The standard InChI is InChI=1S/C10H15N3O3/c1-13(3-4-14)10(15)9-7-6-16-5-2-8(7)11-12-9/h14H,2-6H2,1H3,(H,11,12). The average molecular weight is 225 g/mol. The number of ether oxygens (including phenoxy) is 1. The molecule has 16 heavy (non-hydrogen) atoms. The Balaban J connectivity index is 2.20. The molecule has 0 saturated heterocycles. The number of carbonyl (C=O) groups excluding carboxylic acids is 1. The second-order valence-electron chi connectivity index (χ2n) is 3.78. The first-order valence-corrected chi connectivity index (χ1v) is 5.24. The number of nitrogens with one attached hydrogen (secondary N) is 1. The Morgan fingerprint density at radius 1 is 1.69 bits per heavy atom. The van der Waals surface area contributed by atoms with Gasteiger partial charge >= 0.3 is 0 Å². The number of carbonyl (C=O) groups is 1. The fourth-order valence-electron chi connectivity index (χ4n) is 1.72. The van der Waals surface area contributed by atoms with E-state index in [1.165, 1.54) is 4.90 Å². The van der Waals surface area contributed by atoms with E-state index in [-0.39, 0.29) is 12.5 Å². The van der Waals surface area contributed by atoms with Crippen LogP contribution in [0.5, 0.6) is 0 Å². The summed E-state index contributed by atoms with van der Waals surface area (Å²) < 4.78 is 5.30. The summed E-state index contributed by atoms with van der Waals surface area (Å²) in [7, 11) is 1.64. The van der Waals surface area contributed by atoms with Gasteiger partial charge in [-0.2, -0.15) is 5.10 Å². The van der Waals surface area contributed by atoms with Gasteiger partial charge in [0.05, 0.1) is 19.8 Å². The van der Waals surface area contributed by atoms with Gasteiger partial charge in [-0.15, -0.1) is 0 Å². The van der Waals surface area contributed by atoms with Gasteiger partial charge < -0.3 is 14.7 Å². The Bertz CT molecular complexity index is 389. The SMILES string of the molecule is CN(CCO)C(=O)c1n[nH]c2c1COCC2. The zero-order valence-corrected chi connectivity index (χ0v) is 9.19. The molecular weight excluding hydrogens is 210 g/mol. The molecule has 0 bridgehead atoms. The predicted octanol–water partition coefficient (Wildman–Crippen LogP) is -0.453. The topological polar surface area (TPSA) is 78.5 Å². The Kier molecular flexibility index (Phi) is 3.21. The summed E-state index contributed by atoms with van der Waals surface area (Å²) in [5, 5.41) is 15.7. The predicted molar refractivity (Wildman–Crippen MR) is 56.0 cm³/mol. The van der Waals surface area contributed by atoms with Gasteiger partial charge in [-0.05, 0) is 0 Å². The fraction of sp³-hybridized carbons (Fsp3) is 0.600. The highest BCUT2D eigenvalue weighted by Crippen LogP contribution is 2.18. The number of likely N-dealkylation sites (N-methyl/N-ethyl adjacent to an activating group) is 1. The number of aliphatic hydroxyl groups is 1. The van der Waals surface area contributed by atoms with Crippen molar-refractivity contribution in [3.05, 3.63) is 17.0 Å². The van der Waals surface area contributed by atoms with Gasteiger partial charge in [0.2, 0.25) is 0 Å². The van der Waals surface area contributed by atoms with E-state index in [0.29, 0.717) is 25.5 Å². The summed E-state index contributed by atoms with van der Waals surface area (Å²) in [4.78, 5) is 13.4. The molecule has 2 rings (SSSR count). The molecule has 0 spiro atoms. The van der Waals surface area contributed by atoms with Crippen molar-refractivity contribution in [1.82, 2.24) is 15.1 Å². The van der Waals surface area contributed by atoms with Crippen molar-refractivity contribution >= 4 is 5.91 Å². The van der Waals surface area contributed by atoms with Crippen LogP contribution in [0.4, 0.5) is 0 Å². The summed E-state index contributed by atoms with van der Waals surface area (Å²) in [6.07, 6.45) is 0.763. The van der Waals surface area contributed by atoms with Crippen LogP contribution in [0.2, 0.25) is 0 Å². The van der Waals surface area contributed by atoms with E-state index in [1.807, 2.05) is 0 Å². The second-order valence-corrected chi connectivity index (χ2v) is 3.78. The maximum atomic E-state index is 11.9.